The first-order valence-electron chi connectivity index (χ1n) is 4.75. The third kappa shape index (κ3) is 2.56. The topological polar surface area (TPSA) is 38.1 Å². The van der Waals surface area contributed by atoms with E-state index in [1.54, 1.807) is 6.26 Å². The molecule has 0 aliphatic rings. The second-order valence-electron chi connectivity index (χ2n) is 3.30. The Hall–Kier alpha value is -0.590. The maximum absolute atomic E-state index is 6.04. The normalized spacial score (nSPS) is 10.7. The van der Waals surface area contributed by atoms with Crippen LogP contribution >= 0.6 is 34.2 Å². The van der Waals surface area contributed by atoms with Gasteiger partial charge in [0.25, 0.3) is 0 Å². The number of halogens is 2. The number of nitrogens with one attached hydrogen (secondary N) is 1. The van der Waals surface area contributed by atoms with Crippen LogP contribution in [0.15, 0.2) is 28.9 Å². The number of benzene rings is 1. The van der Waals surface area contributed by atoms with E-state index in [0.717, 1.165) is 14.8 Å². The fraction of sp³-hybridized carbons (Fsp3) is 0.182. The Balaban J connectivity index is 2.31. The molecule has 0 radical (unpaired) electrons. The number of nitrogens with zero attached hydrogens (tertiary/aromatic N) is 1. The zero-order valence-corrected chi connectivity index (χ0v) is 11.5. The summed E-state index contributed by atoms with van der Waals surface area (Å²) >= 11 is 8.23. The molecule has 0 unspecified atom stereocenters. The van der Waals surface area contributed by atoms with Gasteiger partial charge >= 0.3 is 0 Å². The predicted octanol–water partition coefficient (Wildman–Crippen LogP) is 3.32. The molecular weight excluding hydrogens is 338 g/mol. The average Bonchev–Trinajstić information content (AvgIpc) is 2.71. The lowest BCUT2D eigenvalue weighted by Crippen LogP contribution is -2.04. The molecule has 5 heteroatoms. The summed E-state index contributed by atoms with van der Waals surface area (Å²) in [5, 5.41) is 3.73. The molecule has 0 saturated carbocycles. The van der Waals surface area contributed by atoms with E-state index in [2.05, 4.69) is 32.9 Å². The van der Waals surface area contributed by atoms with Gasteiger partial charge in [-0.05, 0) is 47.8 Å². The third-order valence-electron chi connectivity index (χ3n) is 2.08. The summed E-state index contributed by atoms with van der Waals surface area (Å²) in [5.41, 5.74) is 1.78. The lowest BCUT2D eigenvalue weighted by atomic mass is 10.2. The van der Waals surface area contributed by atoms with Gasteiger partial charge in [0.05, 0.1) is 10.7 Å². The van der Waals surface area contributed by atoms with Crippen molar-refractivity contribution in [1.29, 1.82) is 0 Å². The molecule has 0 spiro atoms. The molecule has 1 aromatic heterocycles. The molecule has 0 aliphatic carbocycles. The summed E-state index contributed by atoms with van der Waals surface area (Å²) in [6.45, 7) is 0.696. The molecule has 0 amide bonds. The molecule has 84 valence electrons. The van der Waals surface area contributed by atoms with E-state index in [0.29, 0.717) is 17.5 Å². The molecule has 2 rings (SSSR count). The zero-order valence-electron chi connectivity index (χ0n) is 8.63. The Labute approximate surface area is 112 Å². The first kappa shape index (κ1) is 11.9. The van der Waals surface area contributed by atoms with Crippen LogP contribution in [0.3, 0.4) is 0 Å². The van der Waals surface area contributed by atoms with E-state index >= 15 is 0 Å². The van der Waals surface area contributed by atoms with Gasteiger partial charge in [-0.25, -0.2) is 4.98 Å². The Morgan fingerprint density at radius 1 is 1.50 bits per heavy atom. The Bertz CT molecular complexity index is 498. The lowest BCUT2D eigenvalue weighted by molar-refractivity contribution is 0.571. The van der Waals surface area contributed by atoms with Crippen molar-refractivity contribution in [2.24, 2.45) is 0 Å². The highest BCUT2D eigenvalue weighted by Gasteiger charge is 2.07. The highest BCUT2D eigenvalue weighted by Crippen LogP contribution is 2.26. The van der Waals surface area contributed by atoms with Crippen LogP contribution in [0.2, 0.25) is 5.02 Å². The summed E-state index contributed by atoms with van der Waals surface area (Å²) < 4.78 is 6.40. The minimum Gasteiger partial charge on any atom is -0.444 e. The Morgan fingerprint density at radius 2 is 2.31 bits per heavy atom. The van der Waals surface area contributed by atoms with Gasteiger partial charge < -0.3 is 9.73 Å². The lowest BCUT2D eigenvalue weighted by Gasteiger charge is -1.98. The van der Waals surface area contributed by atoms with Gasteiger partial charge in [0, 0.05) is 15.7 Å². The van der Waals surface area contributed by atoms with Gasteiger partial charge in [-0.1, -0.05) is 11.6 Å². The highest BCUT2D eigenvalue weighted by molar-refractivity contribution is 14.1. The van der Waals surface area contributed by atoms with Crippen molar-refractivity contribution in [3.05, 3.63) is 38.7 Å². The fourth-order valence-corrected chi connectivity index (χ4v) is 1.85. The molecule has 0 atom stereocenters. The maximum atomic E-state index is 6.04. The number of hydrogen-bond donors (Lipinski definition) is 1. The zero-order chi connectivity index (χ0) is 11.5. The quantitative estimate of drug-likeness (QED) is 0.865. The number of aromatic nitrogens is 1. The highest BCUT2D eigenvalue weighted by atomic mass is 127. The summed E-state index contributed by atoms with van der Waals surface area (Å²) in [4.78, 5) is 4.35. The first-order valence-corrected chi connectivity index (χ1v) is 6.21. The maximum Gasteiger partial charge on any atom is 0.226 e. The third-order valence-corrected chi connectivity index (χ3v) is 3.65. The average molecular weight is 349 g/mol. The molecule has 0 fully saturated rings. The standard InChI is InChI=1S/C11H10ClIN2O/c1-14-5-8-6-16-11(15-8)7-2-3-10(13)9(12)4-7/h2-4,6,14H,5H2,1H3. The van der Waals surface area contributed by atoms with Crippen molar-refractivity contribution in [1.82, 2.24) is 10.3 Å². The molecule has 2 aromatic rings. The summed E-state index contributed by atoms with van der Waals surface area (Å²) in [5.74, 6) is 0.601. The van der Waals surface area contributed by atoms with E-state index in [-0.39, 0.29) is 0 Å². The smallest absolute Gasteiger partial charge is 0.226 e. The van der Waals surface area contributed by atoms with E-state index in [9.17, 15) is 0 Å². The van der Waals surface area contributed by atoms with Crippen molar-refractivity contribution < 1.29 is 4.42 Å². The van der Waals surface area contributed by atoms with E-state index in [1.165, 1.54) is 0 Å². The van der Waals surface area contributed by atoms with Gasteiger partial charge in [-0.15, -0.1) is 0 Å². The van der Waals surface area contributed by atoms with Crippen molar-refractivity contribution in [3.8, 4) is 11.5 Å². The van der Waals surface area contributed by atoms with Crippen LogP contribution in [0.4, 0.5) is 0 Å². The molecule has 16 heavy (non-hydrogen) atoms. The molecule has 1 aromatic carbocycles. The second kappa shape index (κ2) is 5.16. The second-order valence-corrected chi connectivity index (χ2v) is 4.87. The fourth-order valence-electron chi connectivity index (χ4n) is 1.33. The van der Waals surface area contributed by atoms with E-state index in [4.69, 9.17) is 16.0 Å². The number of hydrogen-bond acceptors (Lipinski definition) is 3. The minimum atomic E-state index is 0.601. The van der Waals surface area contributed by atoms with Gasteiger partial charge in [0.15, 0.2) is 0 Å². The predicted molar refractivity (Wildman–Crippen MR) is 72.4 cm³/mol. The molecular formula is C11H10ClIN2O. The summed E-state index contributed by atoms with van der Waals surface area (Å²) in [6, 6.07) is 5.75. The largest absolute Gasteiger partial charge is 0.444 e. The Kier molecular flexibility index (Phi) is 3.83. The summed E-state index contributed by atoms with van der Waals surface area (Å²) in [6.07, 6.45) is 1.65. The minimum absolute atomic E-state index is 0.601. The molecule has 0 bridgehead atoms. The van der Waals surface area contributed by atoms with Crippen LogP contribution in [0.25, 0.3) is 11.5 Å². The van der Waals surface area contributed by atoms with Crippen molar-refractivity contribution >= 4 is 34.2 Å². The van der Waals surface area contributed by atoms with Crippen LogP contribution < -0.4 is 5.32 Å². The first-order chi connectivity index (χ1) is 7.70. The van der Waals surface area contributed by atoms with E-state index in [1.807, 2.05) is 25.2 Å². The molecule has 0 saturated heterocycles. The van der Waals surface area contributed by atoms with Crippen molar-refractivity contribution in [2.75, 3.05) is 7.05 Å². The van der Waals surface area contributed by atoms with Crippen LogP contribution in [0.1, 0.15) is 5.69 Å². The van der Waals surface area contributed by atoms with Crippen molar-refractivity contribution in [2.45, 2.75) is 6.54 Å². The molecule has 1 heterocycles. The number of oxazole rings is 1. The van der Waals surface area contributed by atoms with Crippen LogP contribution in [-0.2, 0) is 6.54 Å². The van der Waals surface area contributed by atoms with Crippen molar-refractivity contribution in [3.63, 3.8) is 0 Å². The molecule has 3 nitrogen and oxygen atoms in total. The molecule has 1 N–H and O–H groups in total. The van der Waals surface area contributed by atoms with Gasteiger partial charge in [0.2, 0.25) is 5.89 Å². The van der Waals surface area contributed by atoms with Gasteiger partial charge in [0.1, 0.15) is 6.26 Å². The summed E-state index contributed by atoms with van der Waals surface area (Å²) in [7, 11) is 1.87. The SMILES string of the molecule is CNCc1coc(-c2ccc(I)c(Cl)c2)n1. The van der Waals surface area contributed by atoms with Crippen LogP contribution in [0.5, 0.6) is 0 Å². The molecule has 0 aliphatic heterocycles. The van der Waals surface area contributed by atoms with E-state index < -0.39 is 0 Å². The van der Waals surface area contributed by atoms with Crippen LogP contribution in [0, 0.1) is 3.57 Å². The van der Waals surface area contributed by atoms with Gasteiger partial charge in [-0.2, -0.15) is 0 Å². The monoisotopic (exact) mass is 348 g/mol. The van der Waals surface area contributed by atoms with Crippen LogP contribution in [-0.4, -0.2) is 12.0 Å². The van der Waals surface area contributed by atoms with Gasteiger partial charge in [-0.3, -0.25) is 0 Å². The number of rotatable bonds is 3. The Morgan fingerprint density at radius 3 is 3.00 bits per heavy atom.